The lowest BCUT2D eigenvalue weighted by Gasteiger charge is -2.13. The van der Waals surface area contributed by atoms with Crippen molar-refractivity contribution >= 4 is 23.2 Å². The van der Waals surface area contributed by atoms with E-state index in [0.717, 1.165) is 46.5 Å². The van der Waals surface area contributed by atoms with Crippen LogP contribution >= 0.6 is 0 Å². The molecule has 0 radical (unpaired) electrons. The van der Waals surface area contributed by atoms with Gasteiger partial charge in [0.1, 0.15) is 11.5 Å². The highest BCUT2D eigenvalue weighted by molar-refractivity contribution is 6.09. The minimum absolute atomic E-state index is 0.275. The molecule has 31 heavy (non-hydrogen) atoms. The van der Waals surface area contributed by atoms with E-state index in [4.69, 9.17) is 8.83 Å². The van der Waals surface area contributed by atoms with Crippen molar-refractivity contribution in [1.29, 1.82) is 0 Å². The summed E-state index contributed by atoms with van der Waals surface area (Å²) in [7, 11) is 0. The van der Waals surface area contributed by atoms with Crippen molar-refractivity contribution in [3.8, 4) is 0 Å². The van der Waals surface area contributed by atoms with Gasteiger partial charge in [0.15, 0.2) is 5.76 Å². The monoisotopic (exact) mass is 419 g/mol. The number of carbonyl (C=O) groups is 2. The largest absolute Gasteiger partial charge is 0.469 e. The molecule has 2 amide bonds. The van der Waals surface area contributed by atoms with Crippen molar-refractivity contribution < 1.29 is 18.4 Å². The van der Waals surface area contributed by atoms with Crippen LogP contribution in [0.15, 0.2) is 44.5 Å². The van der Waals surface area contributed by atoms with Crippen LogP contribution in [0.5, 0.6) is 0 Å². The third-order valence-corrected chi connectivity index (χ3v) is 5.56. The van der Waals surface area contributed by atoms with Crippen molar-refractivity contribution in [3.63, 3.8) is 0 Å². The third kappa shape index (κ3) is 4.03. The molecule has 0 bridgehead atoms. The Morgan fingerprint density at radius 3 is 2.55 bits per heavy atom. The second-order valence-electron chi connectivity index (χ2n) is 7.87. The Kier molecular flexibility index (Phi) is 5.50. The number of benzene rings is 1. The van der Waals surface area contributed by atoms with Crippen LogP contribution in [0.3, 0.4) is 0 Å². The van der Waals surface area contributed by atoms with Crippen LogP contribution in [-0.4, -0.2) is 17.5 Å². The van der Waals surface area contributed by atoms with Crippen molar-refractivity contribution in [2.75, 3.05) is 5.32 Å². The smallest absolute Gasteiger partial charge is 0.291 e. The molecule has 1 aromatic carbocycles. The van der Waals surface area contributed by atoms with Gasteiger partial charge in [-0.25, -0.2) is 5.43 Å². The van der Waals surface area contributed by atoms with Crippen LogP contribution in [0, 0.1) is 27.7 Å². The number of carbonyl (C=O) groups excluding carboxylic acids is 2. The summed E-state index contributed by atoms with van der Waals surface area (Å²) in [5, 5.41) is 7.29. The molecule has 4 rings (SSSR count). The summed E-state index contributed by atoms with van der Waals surface area (Å²) < 4.78 is 11.1. The molecule has 2 aromatic heterocycles. The van der Waals surface area contributed by atoms with E-state index >= 15 is 0 Å². The highest BCUT2D eigenvalue weighted by Gasteiger charge is 2.28. The summed E-state index contributed by atoms with van der Waals surface area (Å²) in [6.45, 7) is 7.54. The Hall–Kier alpha value is -3.61. The number of fused-ring (bicyclic) bond motifs is 1. The number of aryl methyl sites for hydroxylation is 4. The van der Waals surface area contributed by atoms with Crippen LogP contribution in [-0.2, 0) is 6.42 Å². The summed E-state index contributed by atoms with van der Waals surface area (Å²) in [4.78, 5) is 25.3. The SMILES string of the molecule is Cc1ccc(NC(=O)c2oc3c(c2C)/C(=N/NC(=O)c2ccoc2C)CCC3)c(C)c1. The summed E-state index contributed by atoms with van der Waals surface area (Å²) in [5.74, 6) is 0.904. The molecule has 1 aliphatic carbocycles. The molecule has 3 aromatic rings. The molecule has 2 heterocycles. The van der Waals surface area contributed by atoms with Crippen LogP contribution in [0.25, 0.3) is 0 Å². The molecule has 0 atom stereocenters. The van der Waals surface area contributed by atoms with Gasteiger partial charge in [0, 0.05) is 23.2 Å². The van der Waals surface area contributed by atoms with Gasteiger partial charge >= 0.3 is 0 Å². The van der Waals surface area contributed by atoms with Gasteiger partial charge in [-0.3, -0.25) is 9.59 Å². The number of anilines is 1. The van der Waals surface area contributed by atoms with Gasteiger partial charge in [-0.1, -0.05) is 17.7 Å². The fraction of sp³-hybridized carbons (Fsp3) is 0.292. The van der Waals surface area contributed by atoms with E-state index in [1.165, 1.54) is 6.26 Å². The molecule has 0 unspecified atom stereocenters. The Morgan fingerprint density at radius 2 is 1.84 bits per heavy atom. The highest BCUT2D eigenvalue weighted by atomic mass is 16.4. The second-order valence-corrected chi connectivity index (χ2v) is 7.87. The number of hydrogen-bond donors (Lipinski definition) is 2. The van der Waals surface area contributed by atoms with Crippen molar-refractivity contribution in [2.24, 2.45) is 5.10 Å². The molecule has 7 heteroatoms. The van der Waals surface area contributed by atoms with Crippen molar-refractivity contribution in [2.45, 2.75) is 47.0 Å². The number of rotatable bonds is 4. The number of nitrogens with one attached hydrogen (secondary N) is 2. The Labute approximate surface area is 180 Å². The molecule has 7 nitrogen and oxygen atoms in total. The van der Waals surface area contributed by atoms with Crippen molar-refractivity contribution in [1.82, 2.24) is 5.43 Å². The van der Waals surface area contributed by atoms with E-state index in [1.807, 2.05) is 39.0 Å². The van der Waals surface area contributed by atoms with Gasteiger partial charge < -0.3 is 14.2 Å². The predicted octanol–water partition coefficient (Wildman–Crippen LogP) is 4.83. The van der Waals surface area contributed by atoms with E-state index in [-0.39, 0.29) is 17.6 Å². The summed E-state index contributed by atoms with van der Waals surface area (Å²) in [6.07, 6.45) is 3.71. The predicted molar refractivity (Wildman–Crippen MR) is 118 cm³/mol. The molecule has 0 spiro atoms. The summed E-state index contributed by atoms with van der Waals surface area (Å²) in [5.41, 5.74) is 8.16. The van der Waals surface area contributed by atoms with E-state index in [9.17, 15) is 9.59 Å². The van der Waals surface area contributed by atoms with Crippen LogP contribution in [0.1, 0.15) is 67.5 Å². The first-order chi connectivity index (χ1) is 14.8. The van der Waals surface area contributed by atoms with Gasteiger partial charge in [0.25, 0.3) is 11.8 Å². The van der Waals surface area contributed by atoms with Crippen LogP contribution < -0.4 is 10.7 Å². The molecule has 0 fully saturated rings. The number of hydrogen-bond acceptors (Lipinski definition) is 5. The summed E-state index contributed by atoms with van der Waals surface area (Å²) in [6, 6.07) is 7.47. The van der Waals surface area contributed by atoms with Gasteiger partial charge in [-0.15, -0.1) is 0 Å². The first kappa shape index (κ1) is 20.7. The molecule has 0 aliphatic heterocycles. The minimum Gasteiger partial charge on any atom is -0.469 e. The highest BCUT2D eigenvalue weighted by Crippen LogP contribution is 2.30. The maximum atomic E-state index is 12.9. The quantitative estimate of drug-likeness (QED) is 0.592. The lowest BCUT2D eigenvalue weighted by Crippen LogP contribution is -2.22. The molecule has 2 N–H and O–H groups in total. The van der Waals surface area contributed by atoms with E-state index in [2.05, 4.69) is 15.8 Å². The topological polar surface area (TPSA) is 96.8 Å². The molecular formula is C24H25N3O4. The van der Waals surface area contributed by atoms with Crippen molar-refractivity contribution in [3.05, 3.63) is 75.6 Å². The van der Waals surface area contributed by atoms with Gasteiger partial charge in [0.2, 0.25) is 0 Å². The lowest BCUT2D eigenvalue weighted by atomic mass is 9.93. The standard InChI is InChI=1S/C24H25N3O4/c1-13-8-9-18(14(2)12-13)25-24(29)22-15(3)21-19(6-5-7-20(21)31-22)26-27-23(28)17-10-11-30-16(17)4/h8-12H,5-7H2,1-4H3,(H,25,29)(H,27,28)/b26-19+. The zero-order chi connectivity index (χ0) is 22.1. The zero-order valence-corrected chi connectivity index (χ0v) is 18.1. The van der Waals surface area contributed by atoms with E-state index in [1.54, 1.807) is 13.0 Å². The molecule has 0 saturated heterocycles. The first-order valence-corrected chi connectivity index (χ1v) is 10.3. The number of amides is 2. The van der Waals surface area contributed by atoms with E-state index in [0.29, 0.717) is 23.5 Å². The molecule has 1 aliphatic rings. The Balaban J connectivity index is 1.58. The molecule has 0 saturated carbocycles. The lowest BCUT2D eigenvalue weighted by molar-refractivity contribution is 0.0952. The van der Waals surface area contributed by atoms with Gasteiger partial charge in [-0.05, 0) is 58.2 Å². The van der Waals surface area contributed by atoms with Crippen LogP contribution in [0.4, 0.5) is 5.69 Å². The maximum Gasteiger partial charge on any atom is 0.291 e. The molecular weight excluding hydrogens is 394 g/mol. The number of nitrogens with zero attached hydrogens (tertiary/aromatic N) is 1. The van der Waals surface area contributed by atoms with E-state index < -0.39 is 0 Å². The second kappa shape index (κ2) is 8.26. The average Bonchev–Trinajstić information content (AvgIpc) is 3.32. The maximum absolute atomic E-state index is 12.9. The zero-order valence-electron chi connectivity index (χ0n) is 18.1. The first-order valence-electron chi connectivity index (χ1n) is 10.3. The molecule has 160 valence electrons. The van der Waals surface area contributed by atoms with Gasteiger partial charge in [-0.2, -0.15) is 5.10 Å². The fourth-order valence-electron chi connectivity index (χ4n) is 3.93. The van der Waals surface area contributed by atoms with Gasteiger partial charge in [0.05, 0.1) is 17.5 Å². The van der Waals surface area contributed by atoms with Crippen LogP contribution in [0.2, 0.25) is 0 Å². The minimum atomic E-state index is -0.333. The summed E-state index contributed by atoms with van der Waals surface area (Å²) >= 11 is 0. The Morgan fingerprint density at radius 1 is 1.03 bits per heavy atom. The number of furan rings is 2. The third-order valence-electron chi connectivity index (χ3n) is 5.56. The normalized spacial score (nSPS) is 14.4. The Bertz CT molecular complexity index is 1200. The fourth-order valence-corrected chi connectivity index (χ4v) is 3.93. The number of hydrazone groups is 1. The average molecular weight is 419 g/mol.